The fourth-order valence-electron chi connectivity index (χ4n) is 1.20. The number of nitrogens with one attached hydrogen (secondary N) is 1. The average Bonchev–Trinajstić information content (AvgIpc) is 2.06. The van der Waals surface area contributed by atoms with Crippen LogP contribution in [0.4, 0.5) is 5.69 Å². The minimum absolute atomic E-state index is 0.0901. The number of nitrogens with two attached hydrogens (primary N) is 1. The Hall–Kier alpha value is -0.330. The molecule has 0 aliphatic heterocycles. The number of amides is 1. The Kier molecular flexibility index (Phi) is 4.58. The number of hydrogen-bond donors (Lipinski definition) is 2. The van der Waals surface area contributed by atoms with E-state index in [0.717, 1.165) is 9.26 Å². The zero-order chi connectivity index (χ0) is 12.3. The van der Waals surface area contributed by atoms with E-state index in [4.69, 9.17) is 17.3 Å². The molecule has 16 heavy (non-hydrogen) atoms. The van der Waals surface area contributed by atoms with Crippen LogP contribution in [0.25, 0.3) is 0 Å². The lowest BCUT2D eigenvalue weighted by atomic mass is 10.0. The fourth-order valence-corrected chi connectivity index (χ4v) is 2.21. The van der Waals surface area contributed by atoms with Gasteiger partial charge in [0.2, 0.25) is 5.91 Å². The topological polar surface area (TPSA) is 55.1 Å². The molecule has 0 heterocycles. The zero-order valence-electron chi connectivity index (χ0n) is 9.18. The molecule has 1 aromatic rings. The third-order valence-electron chi connectivity index (χ3n) is 1.82. The van der Waals surface area contributed by atoms with Gasteiger partial charge in [0, 0.05) is 20.6 Å². The van der Waals surface area contributed by atoms with Crippen molar-refractivity contribution < 1.29 is 4.79 Å². The Morgan fingerprint density at radius 2 is 2.19 bits per heavy atom. The van der Waals surface area contributed by atoms with Crippen LogP contribution < -0.4 is 11.1 Å². The largest absolute Gasteiger partial charge is 0.325 e. The van der Waals surface area contributed by atoms with Crippen LogP contribution in [0.3, 0.4) is 0 Å². The molecular formula is C11H14ClIN2O. The monoisotopic (exact) mass is 352 g/mol. The molecule has 88 valence electrons. The summed E-state index contributed by atoms with van der Waals surface area (Å²) in [6.07, 6.45) is 0.283. The fraction of sp³-hybridized carbons (Fsp3) is 0.364. The van der Waals surface area contributed by atoms with Crippen molar-refractivity contribution in [1.82, 2.24) is 0 Å². The smallest absolute Gasteiger partial charge is 0.226 e. The second-order valence-corrected chi connectivity index (χ2v) is 5.94. The summed E-state index contributed by atoms with van der Waals surface area (Å²) in [7, 11) is 0. The number of halogens is 2. The summed E-state index contributed by atoms with van der Waals surface area (Å²) in [5.74, 6) is -0.0901. The van der Waals surface area contributed by atoms with Gasteiger partial charge in [0.15, 0.2) is 0 Å². The third kappa shape index (κ3) is 4.67. The Labute approximate surface area is 114 Å². The number of rotatable bonds is 3. The highest BCUT2D eigenvalue weighted by Gasteiger charge is 2.16. The van der Waals surface area contributed by atoms with Gasteiger partial charge >= 0.3 is 0 Å². The van der Waals surface area contributed by atoms with Crippen LogP contribution in [0.5, 0.6) is 0 Å². The van der Waals surface area contributed by atoms with Crippen molar-refractivity contribution in [3.8, 4) is 0 Å². The molecule has 0 aliphatic carbocycles. The maximum absolute atomic E-state index is 11.6. The van der Waals surface area contributed by atoms with Crippen LogP contribution in [0.1, 0.15) is 20.3 Å². The second-order valence-electron chi connectivity index (χ2n) is 4.34. The molecular weight excluding hydrogens is 338 g/mol. The number of hydrogen-bond acceptors (Lipinski definition) is 2. The standard InChI is InChI=1S/C11H14ClIN2O/c1-11(2,14)6-10(16)15-9-4-3-7(12)5-8(9)13/h3-5H,6,14H2,1-2H3,(H,15,16). The molecule has 0 bridgehead atoms. The first-order chi connectivity index (χ1) is 7.28. The maximum atomic E-state index is 11.6. The molecule has 3 nitrogen and oxygen atoms in total. The number of carbonyl (C=O) groups is 1. The Morgan fingerprint density at radius 1 is 1.56 bits per heavy atom. The first-order valence-corrected chi connectivity index (χ1v) is 6.27. The zero-order valence-corrected chi connectivity index (χ0v) is 12.1. The molecule has 0 radical (unpaired) electrons. The lowest BCUT2D eigenvalue weighted by Crippen LogP contribution is -2.36. The molecule has 0 saturated carbocycles. The van der Waals surface area contributed by atoms with Crippen molar-refractivity contribution in [1.29, 1.82) is 0 Å². The van der Waals surface area contributed by atoms with Gasteiger partial charge in [0.25, 0.3) is 0 Å². The van der Waals surface area contributed by atoms with Crippen molar-refractivity contribution in [3.05, 3.63) is 26.8 Å². The lowest BCUT2D eigenvalue weighted by molar-refractivity contribution is -0.117. The normalized spacial score (nSPS) is 11.3. The van der Waals surface area contributed by atoms with Crippen LogP contribution in [-0.4, -0.2) is 11.4 Å². The van der Waals surface area contributed by atoms with Gasteiger partial charge in [-0.25, -0.2) is 0 Å². The summed E-state index contributed by atoms with van der Waals surface area (Å²) < 4.78 is 0.910. The molecule has 0 aliphatic rings. The molecule has 0 atom stereocenters. The number of carbonyl (C=O) groups excluding carboxylic acids is 1. The first kappa shape index (κ1) is 13.7. The van der Waals surface area contributed by atoms with Crippen molar-refractivity contribution in [2.24, 2.45) is 5.73 Å². The quantitative estimate of drug-likeness (QED) is 0.822. The Bertz CT molecular complexity index is 401. The Morgan fingerprint density at radius 3 is 2.69 bits per heavy atom. The van der Waals surface area contributed by atoms with Gasteiger partial charge in [-0.2, -0.15) is 0 Å². The van der Waals surface area contributed by atoms with Gasteiger partial charge in [0.05, 0.1) is 5.69 Å². The van der Waals surface area contributed by atoms with E-state index in [0.29, 0.717) is 5.02 Å². The predicted molar refractivity (Wildman–Crippen MR) is 75.7 cm³/mol. The molecule has 0 fully saturated rings. The highest BCUT2D eigenvalue weighted by Crippen LogP contribution is 2.22. The third-order valence-corrected chi connectivity index (χ3v) is 2.95. The van der Waals surface area contributed by atoms with E-state index >= 15 is 0 Å². The summed E-state index contributed by atoms with van der Waals surface area (Å²) in [6, 6.07) is 5.32. The van der Waals surface area contributed by atoms with Crippen LogP contribution in [-0.2, 0) is 4.79 Å². The molecule has 0 spiro atoms. The van der Waals surface area contributed by atoms with Crippen LogP contribution in [0.15, 0.2) is 18.2 Å². The lowest BCUT2D eigenvalue weighted by Gasteiger charge is -2.17. The molecule has 1 aromatic carbocycles. The average molecular weight is 353 g/mol. The SMILES string of the molecule is CC(C)(N)CC(=O)Nc1ccc(Cl)cc1I. The van der Waals surface area contributed by atoms with E-state index in [-0.39, 0.29) is 12.3 Å². The maximum Gasteiger partial charge on any atom is 0.226 e. The first-order valence-electron chi connectivity index (χ1n) is 4.82. The molecule has 0 unspecified atom stereocenters. The van der Waals surface area contributed by atoms with E-state index in [1.165, 1.54) is 0 Å². The van der Waals surface area contributed by atoms with Crippen LogP contribution in [0.2, 0.25) is 5.02 Å². The molecule has 0 saturated heterocycles. The summed E-state index contributed by atoms with van der Waals surface area (Å²) in [5.41, 5.74) is 6.03. The highest BCUT2D eigenvalue weighted by molar-refractivity contribution is 14.1. The Balaban J connectivity index is 2.70. The molecule has 1 amide bonds. The van der Waals surface area contributed by atoms with Gasteiger partial charge in [-0.05, 0) is 54.6 Å². The van der Waals surface area contributed by atoms with Crippen LogP contribution >= 0.6 is 34.2 Å². The van der Waals surface area contributed by atoms with E-state index in [1.807, 2.05) is 13.8 Å². The number of anilines is 1. The van der Waals surface area contributed by atoms with E-state index in [9.17, 15) is 4.79 Å². The van der Waals surface area contributed by atoms with Gasteiger partial charge < -0.3 is 11.1 Å². The summed E-state index contributed by atoms with van der Waals surface area (Å²) in [4.78, 5) is 11.6. The van der Waals surface area contributed by atoms with E-state index < -0.39 is 5.54 Å². The van der Waals surface area contributed by atoms with Crippen molar-refractivity contribution in [2.75, 3.05) is 5.32 Å². The minimum Gasteiger partial charge on any atom is -0.325 e. The van der Waals surface area contributed by atoms with Crippen LogP contribution in [0, 0.1) is 3.57 Å². The minimum atomic E-state index is -0.498. The van der Waals surface area contributed by atoms with Crippen molar-refractivity contribution in [3.63, 3.8) is 0 Å². The van der Waals surface area contributed by atoms with Gasteiger partial charge in [-0.3, -0.25) is 4.79 Å². The molecule has 0 aromatic heterocycles. The van der Waals surface area contributed by atoms with Gasteiger partial charge in [0.1, 0.15) is 0 Å². The van der Waals surface area contributed by atoms with Crippen molar-refractivity contribution in [2.45, 2.75) is 25.8 Å². The molecule has 5 heteroatoms. The van der Waals surface area contributed by atoms with Gasteiger partial charge in [-0.15, -0.1) is 0 Å². The van der Waals surface area contributed by atoms with E-state index in [1.54, 1.807) is 18.2 Å². The van der Waals surface area contributed by atoms with E-state index in [2.05, 4.69) is 27.9 Å². The summed E-state index contributed by atoms with van der Waals surface area (Å²) in [5, 5.41) is 3.46. The summed E-state index contributed by atoms with van der Waals surface area (Å²) in [6.45, 7) is 3.64. The molecule has 3 N–H and O–H groups in total. The van der Waals surface area contributed by atoms with Gasteiger partial charge in [-0.1, -0.05) is 11.6 Å². The number of benzene rings is 1. The van der Waals surface area contributed by atoms with Crippen molar-refractivity contribution >= 4 is 45.8 Å². The summed E-state index contributed by atoms with van der Waals surface area (Å²) >= 11 is 7.95. The highest BCUT2D eigenvalue weighted by atomic mass is 127. The second kappa shape index (κ2) is 5.33. The molecule has 1 rings (SSSR count). The predicted octanol–water partition coefficient (Wildman–Crippen LogP) is 3.01.